The molecule has 0 unspecified atom stereocenters. The van der Waals surface area contributed by atoms with Crippen molar-refractivity contribution in [3.8, 4) is 17.2 Å². The SMILES string of the molecule is Cc1cn(-c2ccc3c(c2)OC(F)(F)O3)c(=NC(=S)N2CCCC2)s1. The molecule has 1 aromatic heterocycles. The lowest BCUT2D eigenvalue weighted by Gasteiger charge is -2.14. The van der Waals surface area contributed by atoms with Gasteiger partial charge < -0.3 is 14.4 Å². The van der Waals surface area contributed by atoms with Crippen LogP contribution in [-0.4, -0.2) is 34.0 Å². The number of hydrogen-bond donors (Lipinski definition) is 0. The Hall–Kier alpha value is -2.00. The molecule has 2 aliphatic heterocycles. The van der Waals surface area contributed by atoms with Crippen molar-refractivity contribution in [3.05, 3.63) is 34.1 Å². The van der Waals surface area contributed by atoms with Gasteiger partial charge in [-0.25, -0.2) is 0 Å². The van der Waals surface area contributed by atoms with Gasteiger partial charge in [0.05, 0.1) is 5.69 Å². The molecule has 1 saturated heterocycles. The summed E-state index contributed by atoms with van der Waals surface area (Å²) in [6, 6.07) is 4.67. The molecule has 0 N–H and O–H groups in total. The predicted octanol–water partition coefficient (Wildman–Crippen LogP) is 3.45. The average Bonchev–Trinajstić information content (AvgIpc) is 3.23. The maximum Gasteiger partial charge on any atom is 0.586 e. The van der Waals surface area contributed by atoms with E-state index in [1.54, 1.807) is 6.07 Å². The normalized spacial score (nSPS) is 18.8. The summed E-state index contributed by atoms with van der Waals surface area (Å²) in [6.07, 6.45) is 0.511. The number of thiocarbonyl (C=S) groups is 1. The van der Waals surface area contributed by atoms with Gasteiger partial charge in [-0.05, 0) is 44.1 Å². The van der Waals surface area contributed by atoms with Gasteiger partial charge in [0.1, 0.15) is 0 Å². The van der Waals surface area contributed by atoms with Gasteiger partial charge in [0.2, 0.25) is 0 Å². The van der Waals surface area contributed by atoms with Gasteiger partial charge in [0.25, 0.3) is 0 Å². The molecule has 0 radical (unpaired) electrons. The van der Waals surface area contributed by atoms with Crippen molar-refractivity contribution < 1.29 is 18.3 Å². The van der Waals surface area contributed by atoms with E-state index in [9.17, 15) is 8.78 Å². The van der Waals surface area contributed by atoms with Gasteiger partial charge in [0.15, 0.2) is 21.4 Å². The monoisotopic (exact) mass is 383 g/mol. The third-order valence-electron chi connectivity index (χ3n) is 4.00. The van der Waals surface area contributed by atoms with Crippen LogP contribution in [0.2, 0.25) is 0 Å². The maximum absolute atomic E-state index is 13.2. The van der Waals surface area contributed by atoms with Crippen LogP contribution in [0.15, 0.2) is 29.4 Å². The molecule has 4 rings (SSSR count). The Morgan fingerprint density at radius 3 is 2.72 bits per heavy atom. The molecule has 0 bridgehead atoms. The summed E-state index contributed by atoms with van der Waals surface area (Å²) >= 11 is 6.92. The van der Waals surface area contributed by atoms with Crippen LogP contribution < -0.4 is 14.3 Å². The minimum Gasteiger partial charge on any atom is -0.395 e. The maximum atomic E-state index is 13.2. The number of fused-ring (bicyclic) bond motifs is 1. The first kappa shape index (κ1) is 16.5. The summed E-state index contributed by atoms with van der Waals surface area (Å²) in [5.74, 6) is 0.0271. The second-order valence-corrected chi connectivity index (χ2v) is 7.46. The van der Waals surface area contributed by atoms with Crippen molar-refractivity contribution in [1.82, 2.24) is 9.47 Å². The van der Waals surface area contributed by atoms with E-state index in [0.717, 1.165) is 30.8 Å². The van der Waals surface area contributed by atoms with Gasteiger partial charge in [-0.15, -0.1) is 20.1 Å². The average molecular weight is 383 g/mol. The Bertz CT molecular complexity index is 901. The Kier molecular flexibility index (Phi) is 3.99. The third-order valence-corrected chi connectivity index (χ3v) is 5.25. The standard InChI is InChI=1S/C16H15F2N3O2S2/c1-10-9-21(15(25-10)19-14(24)20-6-2-3-7-20)11-4-5-12-13(8-11)23-16(17,18)22-12/h4-5,8-9H,2-3,6-7H2,1H3. The van der Waals surface area contributed by atoms with Gasteiger partial charge in [-0.3, -0.25) is 4.57 Å². The molecular weight excluding hydrogens is 368 g/mol. The number of nitrogens with zero attached hydrogens (tertiary/aromatic N) is 3. The quantitative estimate of drug-likeness (QED) is 0.707. The third kappa shape index (κ3) is 3.25. The minimum atomic E-state index is -3.62. The summed E-state index contributed by atoms with van der Waals surface area (Å²) in [4.78, 5) is 8.39. The highest BCUT2D eigenvalue weighted by Gasteiger charge is 2.43. The second-order valence-electron chi connectivity index (χ2n) is 5.88. The zero-order chi connectivity index (χ0) is 17.6. The van der Waals surface area contributed by atoms with E-state index >= 15 is 0 Å². The lowest BCUT2D eigenvalue weighted by molar-refractivity contribution is -0.286. The number of rotatable bonds is 1. The highest BCUT2D eigenvalue weighted by atomic mass is 32.1. The summed E-state index contributed by atoms with van der Waals surface area (Å²) in [5.41, 5.74) is 0.660. The van der Waals surface area contributed by atoms with E-state index in [4.69, 9.17) is 12.2 Å². The van der Waals surface area contributed by atoms with E-state index in [1.807, 2.05) is 17.7 Å². The molecule has 5 nitrogen and oxygen atoms in total. The van der Waals surface area contributed by atoms with Crippen molar-refractivity contribution in [2.24, 2.45) is 4.99 Å². The van der Waals surface area contributed by atoms with Crippen molar-refractivity contribution in [3.63, 3.8) is 0 Å². The fourth-order valence-electron chi connectivity index (χ4n) is 2.87. The number of benzene rings is 1. The van der Waals surface area contributed by atoms with Gasteiger partial charge in [-0.1, -0.05) is 0 Å². The Balaban J connectivity index is 1.71. The molecule has 1 aromatic carbocycles. The first-order chi connectivity index (χ1) is 11.9. The van der Waals surface area contributed by atoms with E-state index in [1.165, 1.54) is 23.5 Å². The molecule has 0 aliphatic carbocycles. The van der Waals surface area contributed by atoms with Crippen LogP contribution in [0.5, 0.6) is 11.5 Å². The van der Waals surface area contributed by atoms with Crippen LogP contribution in [0.25, 0.3) is 5.69 Å². The van der Waals surface area contributed by atoms with Crippen molar-refractivity contribution in [2.75, 3.05) is 13.1 Å². The predicted molar refractivity (Wildman–Crippen MR) is 93.6 cm³/mol. The molecule has 2 aromatic rings. The topological polar surface area (TPSA) is 39.0 Å². The van der Waals surface area contributed by atoms with Crippen LogP contribution in [0.1, 0.15) is 17.7 Å². The summed E-state index contributed by atoms with van der Waals surface area (Å²) in [6.45, 7) is 3.80. The molecule has 25 heavy (non-hydrogen) atoms. The number of hydrogen-bond acceptors (Lipinski definition) is 4. The van der Waals surface area contributed by atoms with Gasteiger partial charge in [0, 0.05) is 30.2 Å². The van der Waals surface area contributed by atoms with E-state index in [2.05, 4.69) is 19.4 Å². The van der Waals surface area contributed by atoms with Crippen LogP contribution >= 0.6 is 23.6 Å². The first-order valence-corrected chi connectivity index (χ1v) is 9.07. The molecule has 0 atom stereocenters. The smallest absolute Gasteiger partial charge is 0.395 e. The fraction of sp³-hybridized carbons (Fsp3) is 0.375. The van der Waals surface area contributed by atoms with Crippen molar-refractivity contribution in [2.45, 2.75) is 26.1 Å². The molecule has 132 valence electrons. The van der Waals surface area contributed by atoms with Crippen LogP contribution in [0, 0.1) is 6.92 Å². The Morgan fingerprint density at radius 1 is 1.24 bits per heavy atom. The molecule has 0 spiro atoms. The van der Waals surface area contributed by atoms with E-state index in [-0.39, 0.29) is 11.5 Å². The lowest BCUT2D eigenvalue weighted by Crippen LogP contribution is -2.27. The van der Waals surface area contributed by atoms with Gasteiger partial charge >= 0.3 is 6.29 Å². The summed E-state index contributed by atoms with van der Waals surface area (Å²) in [7, 11) is 0. The van der Waals surface area contributed by atoms with Crippen LogP contribution in [0.3, 0.4) is 0 Å². The highest BCUT2D eigenvalue weighted by Crippen LogP contribution is 2.41. The van der Waals surface area contributed by atoms with Crippen LogP contribution in [0.4, 0.5) is 8.78 Å². The highest BCUT2D eigenvalue weighted by molar-refractivity contribution is 7.80. The fourth-order valence-corrected chi connectivity index (χ4v) is 4.03. The lowest BCUT2D eigenvalue weighted by atomic mass is 10.3. The Morgan fingerprint density at radius 2 is 1.96 bits per heavy atom. The van der Waals surface area contributed by atoms with Crippen molar-refractivity contribution >= 4 is 28.7 Å². The molecule has 3 heterocycles. The largest absolute Gasteiger partial charge is 0.586 e. The molecule has 0 amide bonds. The van der Waals surface area contributed by atoms with E-state index in [0.29, 0.717) is 15.6 Å². The Labute approximate surface area is 152 Å². The number of aromatic nitrogens is 1. The molecular formula is C16H15F2N3O2S2. The number of thiazole rings is 1. The molecule has 9 heteroatoms. The van der Waals surface area contributed by atoms with Gasteiger partial charge in [-0.2, -0.15) is 4.99 Å². The minimum absolute atomic E-state index is 0.00641. The number of halogens is 2. The van der Waals surface area contributed by atoms with E-state index < -0.39 is 6.29 Å². The molecule has 1 fully saturated rings. The number of ether oxygens (including phenoxy) is 2. The first-order valence-electron chi connectivity index (χ1n) is 7.84. The summed E-state index contributed by atoms with van der Waals surface area (Å²) in [5, 5.41) is 0.556. The summed E-state index contributed by atoms with van der Waals surface area (Å²) < 4.78 is 37.2. The van der Waals surface area contributed by atoms with Crippen LogP contribution in [-0.2, 0) is 0 Å². The number of likely N-dealkylation sites (tertiary alicyclic amines) is 1. The zero-order valence-electron chi connectivity index (χ0n) is 13.4. The second kappa shape index (κ2) is 6.06. The number of alkyl halides is 2. The molecule has 0 saturated carbocycles. The van der Waals surface area contributed by atoms with Crippen molar-refractivity contribution in [1.29, 1.82) is 0 Å². The molecule has 2 aliphatic rings. The zero-order valence-corrected chi connectivity index (χ0v) is 15.0. The number of aryl methyl sites for hydroxylation is 1.